The third kappa shape index (κ3) is 5.76. The van der Waals surface area contributed by atoms with E-state index in [1.54, 1.807) is 4.52 Å². The molecule has 0 saturated carbocycles. The molecule has 2 aliphatic heterocycles. The number of nitrogens with one attached hydrogen (secondary N) is 1. The standard InChI is InChI=1S/C26H34ClN7O/c1-19-4-2-14-32(18-19)15-3-13-28-26(35)21-11-16-33(17-12-21)24-10-9-23-29-30-25(34(23)31-24)20-5-7-22(27)8-6-20/h5-10,19,21H,2-4,11-18H2,1H3,(H,28,35). The first-order chi connectivity index (χ1) is 17.1. The van der Waals surface area contributed by atoms with Crippen LogP contribution in [0.3, 0.4) is 0 Å². The summed E-state index contributed by atoms with van der Waals surface area (Å²) >= 11 is 6.03. The van der Waals surface area contributed by atoms with Crippen LogP contribution in [0.25, 0.3) is 17.0 Å². The number of halogens is 1. The summed E-state index contributed by atoms with van der Waals surface area (Å²) in [5.74, 6) is 2.63. The first kappa shape index (κ1) is 24.0. The van der Waals surface area contributed by atoms with Crippen LogP contribution in [0.1, 0.15) is 39.0 Å². The fourth-order valence-corrected chi connectivity index (χ4v) is 5.37. The zero-order chi connectivity index (χ0) is 24.2. The lowest BCUT2D eigenvalue weighted by molar-refractivity contribution is -0.125. The van der Waals surface area contributed by atoms with Gasteiger partial charge in [-0.15, -0.1) is 15.3 Å². The fraction of sp³-hybridized carbons (Fsp3) is 0.538. The van der Waals surface area contributed by atoms with Crippen LogP contribution >= 0.6 is 11.6 Å². The van der Waals surface area contributed by atoms with E-state index in [4.69, 9.17) is 16.7 Å². The first-order valence-electron chi connectivity index (χ1n) is 12.8. The molecule has 1 N–H and O–H groups in total. The van der Waals surface area contributed by atoms with Crippen molar-refractivity contribution in [3.05, 3.63) is 41.4 Å². The molecule has 0 aliphatic carbocycles. The summed E-state index contributed by atoms with van der Waals surface area (Å²) in [6.07, 6.45) is 5.34. The lowest BCUT2D eigenvalue weighted by Gasteiger charge is -2.32. The van der Waals surface area contributed by atoms with Crippen molar-refractivity contribution in [2.24, 2.45) is 11.8 Å². The Kier molecular flexibility index (Phi) is 7.48. The number of hydrogen-bond donors (Lipinski definition) is 1. The highest BCUT2D eigenvalue weighted by molar-refractivity contribution is 6.30. The molecule has 0 spiro atoms. The van der Waals surface area contributed by atoms with Gasteiger partial charge in [-0.3, -0.25) is 4.79 Å². The molecule has 2 fully saturated rings. The van der Waals surface area contributed by atoms with E-state index >= 15 is 0 Å². The summed E-state index contributed by atoms with van der Waals surface area (Å²) in [4.78, 5) is 17.5. The largest absolute Gasteiger partial charge is 0.356 e. The molecule has 1 unspecified atom stereocenters. The van der Waals surface area contributed by atoms with Gasteiger partial charge in [0.1, 0.15) is 5.82 Å². The molecular weight excluding hydrogens is 462 g/mol. The number of benzene rings is 1. The molecule has 186 valence electrons. The lowest BCUT2D eigenvalue weighted by atomic mass is 9.96. The monoisotopic (exact) mass is 495 g/mol. The van der Waals surface area contributed by atoms with Gasteiger partial charge in [0, 0.05) is 42.7 Å². The van der Waals surface area contributed by atoms with Crippen LogP contribution < -0.4 is 10.2 Å². The molecule has 1 aromatic carbocycles. The van der Waals surface area contributed by atoms with Crippen molar-refractivity contribution in [3.8, 4) is 11.4 Å². The molecule has 2 aromatic heterocycles. The van der Waals surface area contributed by atoms with Gasteiger partial charge in [-0.25, -0.2) is 0 Å². The molecule has 8 nitrogen and oxygen atoms in total. The molecule has 9 heteroatoms. The number of piperidine rings is 2. The highest BCUT2D eigenvalue weighted by Gasteiger charge is 2.26. The third-order valence-corrected chi connectivity index (χ3v) is 7.48. The van der Waals surface area contributed by atoms with Gasteiger partial charge < -0.3 is 15.1 Å². The second kappa shape index (κ2) is 10.9. The number of carbonyl (C=O) groups excluding carboxylic acids is 1. The quantitative estimate of drug-likeness (QED) is 0.501. The third-order valence-electron chi connectivity index (χ3n) is 7.23. The molecule has 35 heavy (non-hydrogen) atoms. The number of aromatic nitrogens is 4. The highest BCUT2D eigenvalue weighted by Crippen LogP contribution is 2.25. The van der Waals surface area contributed by atoms with Gasteiger partial charge >= 0.3 is 0 Å². The summed E-state index contributed by atoms with van der Waals surface area (Å²) in [5, 5.41) is 17.2. The maximum atomic E-state index is 12.7. The van der Waals surface area contributed by atoms with E-state index in [9.17, 15) is 4.79 Å². The van der Waals surface area contributed by atoms with Crippen molar-refractivity contribution < 1.29 is 4.79 Å². The second-order valence-corrected chi connectivity index (χ2v) is 10.4. The fourth-order valence-electron chi connectivity index (χ4n) is 5.25. The Morgan fingerprint density at radius 1 is 1.06 bits per heavy atom. The normalized spacial score (nSPS) is 19.8. The molecule has 3 aromatic rings. The van der Waals surface area contributed by atoms with Crippen molar-refractivity contribution >= 4 is 29.0 Å². The van der Waals surface area contributed by atoms with Gasteiger partial charge in [0.25, 0.3) is 0 Å². The smallest absolute Gasteiger partial charge is 0.223 e. The van der Waals surface area contributed by atoms with Gasteiger partial charge in [0.2, 0.25) is 5.91 Å². The summed E-state index contributed by atoms with van der Waals surface area (Å²) in [5.41, 5.74) is 1.61. The second-order valence-electron chi connectivity index (χ2n) is 9.95. The summed E-state index contributed by atoms with van der Waals surface area (Å²) in [6.45, 7) is 8.19. The van der Waals surface area contributed by atoms with Crippen molar-refractivity contribution in [2.45, 2.75) is 39.0 Å². The number of likely N-dealkylation sites (tertiary alicyclic amines) is 1. The summed E-state index contributed by atoms with van der Waals surface area (Å²) in [7, 11) is 0. The van der Waals surface area contributed by atoms with Crippen molar-refractivity contribution in [2.75, 3.05) is 44.2 Å². The van der Waals surface area contributed by atoms with Gasteiger partial charge in [0.05, 0.1) is 0 Å². The number of anilines is 1. The van der Waals surface area contributed by atoms with Gasteiger partial charge in [-0.05, 0) is 87.5 Å². The molecule has 1 atom stereocenters. The maximum Gasteiger partial charge on any atom is 0.223 e. The topological polar surface area (TPSA) is 78.7 Å². The van der Waals surface area contributed by atoms with Crippen LogP contribution in [0.2, 0.25) is 5.02 Å². The van der Waals surface area contributed by atoms with E-state index in [1.165, 1.54) is 25.9 Å². The minimum absolute atomic E-state index is 0.0736. The van der Waals surface area contributed by atoms with Crippen LogP contribution in [-0.4, -0.2) is 69.9 Å². The van der Waals surface area contributed by atoms with Crippen LogP contribution in [-0.2, 0) is 4.79 Å². The average molecular weight is 496 g/mol. The highest BCUT2D eigenvalue weighted by atomic mass is 35.5. The Morgan fingerprint density at radius 3 is 2.63 bits per heavy atom. The van der Waals surface area contributed by atoms with Crippen LogP contribution in [0.5, 0.6) is 0 Å². The Balaban J connectivity index is 1.13. The van der Waals surface area contributed by atoms with Crippen LogP contribution in [0, 0.1) is 11.8 Å². The van der Waals surface area contributed by atoms with E-state index < -0.39 is 0 Å². The number of nitrogens with zero attached hydrogens (tertiary/aromatic N) is 6. The minimum Gasteiger partial charge on any atom is -0.356 e. The maximum absolute atomic E-state index is 12.7. The van der Waals surface area contributed by atoms with Crippen molar-refractivity contribution in [1.29, 1.82) is 0 Å². The van der Waals surface area contributed by atoms with E-state index in [2.05, 4.69) is 32.2 Å². The molecule has 0 radical (unpaired) electrons. The SMILES string of the molecule is CC1CCCN(CCCNC(=O)C2CCN(c3ccc4nnc(-c5ccc(Cl)cc5)n4n3)CC2)C1. The van der Waals surface area contributed by atoms with Gasteiger partial charge in [-0.2, -0.15) is 4.52 Å². The molecule has 2 aliphatic rings. The first-order valence-corrected chi connectivity index (χ1v) is 13.2. The number of amides is 1. The average Bonchev–Trinajstić information content (AvgIpc) is 3.30. The van der Waals surface area contributed by atoms with E-state index in [0.29, 0.717) is 16.5 Å². The Morgan fingerprint density at radius 2 is 1.86 bits per heavy atom. The predicted molar refractivity (Wildman–Crippen MR) is 139 cm³/mol. The van der Waals surface area contributed by atoms with E-state index in [1.807, 2.05) is 36.4 Å². The zero-order valence-corrected chi connectivity index (χ0v) is 21.1. The number of carbonyl (C=O) groups is 1. The molecule has 2 saturated heterocycles. The Labute approximate surface area is 211 Å². The molecular formula is C26H34ClN7O. The summed E-state index contributed by atoms with van der Waals surface area (Å²) < 4.78 is 1.78. The minimum atomic E-state index is 0.0736. The number of hydrogen-bond acceptors (Lipinski definition) is 6. The number of fused-ring (bicyclic) bond motifs is 1. The molecule has 0 bridgehead atoms. The Hall–Kier alpha value is -2.71. The van der Waals surface area contributed by atoms with Crippen molar-refractivity contribution in [1.82, 2.24) is 30.0 Å². The molecule has 1 amide bonds. The van der Waals surface area contributed by atoms with E-state index in [-0.39, 0.29) is 11.8 Å². The van der Waals surface area contributed by atoms with Crippen LogP contribution in [0.4, 0.5) is 5.82 Å². The summed E-state index contributed by atoms with van der Waals surface area (Å²) in [6, 6.07) is 11.4. The van der Waals surface area contributed by atoms with E-state index in [0.717, 1.165) is 62.7 Å². The zero-order valence-electron chi connectivity index (χ0n) is 20.4. The number of rotatable bonds is 7. The predicted octanol–water partition coefficient (Wildman–Crippen LogP) is 3.90. The van der Waals surface area contributed by atoms with Crippen LogP contribution in [0.15, 0.2) is 36.4 Å². The van der Waals surface area contributed by atoms with Gasteiger partial charge in [0.15, 0.2) is 11.5 Å². The molecule has 5 rings (SSSR count). The molecule has 4 heterocycles. The van der Waals surface area contributed by atoms with Gasteiger partial charge in [-0.1, -0.05) is 18.5 Å². The Bertz CT molecular complexity index is 1140. The van der Waals surface area contributed by atoms with Crippen molar-refractivity contribution in [3.63, 3.8) is 0 Å². The lowest BCUT2D eigenvalue weighted by Crippen LogP contribution is -2.42.